The second-order valence-corrected chi connectivity index (χ2v) is 8.22. The zero-order valence-corrected chi connectivity index (χ0v) is 16.8. The van der Waals surface area contributed by atoms with Gasteiger partial charge >= 0.3 is 0 Å². The largest absolute Gasteiger partial charge is 0.355 e. The fourth-order valence-corrected chi connectivity index (χ4v) is 4.09. The third-order valence-electron chi connectivity index (χ3n) is 5.42. The Hall–Kier alpha value is -1.40. The highest BCUT2D eigenvalue weighted by atomic mass is 79.9. The first-order valence-electron chi connectivity index (χ1n) is 9.64. The van der Waals surface area contributed by atoms with Crippen LogP contribution in [0, 0.1) is 5.92 Å². The lowest BCUT2D eigenvalue weighted by Gasteiger charge is -2.36. The zero-order chi connectivity index (χ0) is 18.4. The van der Waals surface area contributed by atoms with E-state index in [1.165, 1.54) is 12.8 Å². The number of benzene rings is 1. The van der Waals surface area contributed by atoms with Gasteiger partial charge in [0.05, 0.1) is 6.42 Å². The highest BCUT2D eigenvalue weighted by molar-refractivity contribution is 9.10. The maximum absolute atomic E-state index is 12.5. The van der Waals surface area contributed by atoms with E-state index in [9.17, 15) is 9.59 Å². The summed E-state index contributed by atoms with van der Waals surface area (Å²) in [7, 11) is 0. The van der Waals surface area contributed by atoms with E-state index in [0.29, 0.717) is 18.9 Å². The summed E-state index contributed by atoms with van der Waals surface area (Å²) in [5.41, 5.74) is 1.02. The van der Waals surface area contributed by atoms with E-state index < -0.39 is 0 Å². The van der Waals surface area contributed by atoms with Gasteiger partial charge in [0.2, 0.25) is 11.8 Å². The predicted octanol–water partition coefficient (Wildman–Crippen LogP) is 2.44. The standard InChI is InChI=1S/C20H28BrN3O2/c21-18-7-5-16(6-8-18)15-19(25)22-9-10-23-11-13-24(14-12-23)20(26)17-3-1-2-4-17/h5-8,17H,1-4,9-15H2,(H,22,25). The first kappa shape index (κ1) is 19.4. The van der Waals surface area contributed by atoms with Gasteiger partial charge in [-0.3, -0.25) is 14.5 Å². The molecule has 2 fully saturated rings. The van der Waals surface area contributed by atoms with Crippen LogP contribution in [0.25, 0.3) is 0 Å². The van der Waals surface area contributed by atoms with Crippen LogP contribution < -0.4 is 5.32 Å². The molecule has 1 saturated heterocycles. The second-order valence-electron chi connectivity index (χ2n) is 7.30. The Bertz CT molecular complexity index is 606. The Balaban J connectivity index is 1.31. The van der Waals surface area contributed by atoms with Crippen LogP contribution in [-0.2, 0) is 16.0 Å². The van der Waals surface area contributed by atoms with Gasteiger partial charge in [-0.15, -0.1) is 0 Å². The van der Waals surface area contributed by atoms with Crippen LogP contribution in [0.5, 0.6) is 0 Å². The maximum atomic E-state index is 12.5. The van der Waals surface area contributed by atoms with Gasteiger partial charge in [-0.25, -0.2) is 0 Å². The number of carbonyl (C=O) groups is 2. The van der Waals surface area contributed by atoms with E-state index in [0.717, 1.165) is 55.6 Å². The summed E-state index contributed by atoms with van der Waals surface area (Å²) in [6, 6.07) is 7.83. The lowest BCUT2D eigenvalue weighted by Crippen LogP contribution is -2.51. The summed E-state index contributed by atoms with van der Waals surface area (Å²) >= 11 is 3.40. The van der Waals surface area contributed by atoms with Gasteiger partial charge in [0.15, 0.2) is 0 Å². The molecular formula is C20H28BrN3O2. The zero-order valence-electron chi connectivity index (χ0n) is 15.3. The number of hydrogen-bond donors (Lipinski definition) is 1. The number of nitrogens with zero attached hydrogens (tertiary/aromatic N) is 2. The molecule has 0 radical (unpaired) electrons. The fourth-order valence-electron chi connectivity index (χ4n) is 3.83. The fraction of sp³-hybridized carbons (Fsp3) is 0.600. The van der Waals surface area contributed by atoms with Crippen LogP contribution in [0.3, 0.4) is 0 Å². The van der Waals surface area contributed by atoms with Crippen molar-refractivity contribution in [1.29, 1.82) is 0 Å². The number of piperazine rings is 1. The van der Waals surface area contributed by atoms with E-state index in [2.05, 4.69) is 26.1 Å². The molecule has 26 heavy (non-hydrogen) atoms. The van der Waals surface area contributed by atoms with Crippen molar-refractivity contribution >= 4 is 27.7 Å². The molecule has 1 heterocycles. The van der Waals surface area contributed by atoms with Crippen LogP contribution in [0.2, 0.25) is 0 Å². The van der Waals surface area contributed by atoms with E-state index in [1.807, 2.05) is 29.2 Å². The Kier molecular flexibility index (Phi) is 7.08. The lowest BCUT2D eigenvalue weighted by molar-refractivity contribution is -0.137. The van der Waals surface area contributed by atoms with Gasteiger partial charge in [0.1, 0.15) is 0 Å². The van der Waals surface area contributed by atoms with Crippen molar-refractivity contribution in [1.82, 2.24) is 15.1 Å². The third-order valence-corrected chi connectivity index (χ3v) is 5.95. The number of nitrogens with one attached hydrogen (secondary N) is 1. The molecule has 1 aliphatic heterocycles. The highest BCUT2D eigenvalue weighted by Gasteiger charge is 2.29. The molecule has 6 heteroatoms. The van der Waals surface area contributed by atoms with Crippen molar-refractivity contribution in [2.24, 2.45) is 5.92 Å². The van der Waals surface area contributed by atoms with E-state index >= 15 is 0 Å². The summed E-state index contributed by atoms with van der Waals surface area (Å²) in [4.78, 5) is 28.9. The Morgan fingerprint density at radius 3 is 2.35 bits per heavy atom. The van der Waals surface area contributed by atoms with E-state index in [4.69, 9.17) is 0 Å². The molecule has 1 N–H and O–H groups in total. The number of amides is 2. The molecule has 2 aliphatic rings. The van der Waals surface area contributed by atoms with Crippen LogP contribution in [0.4, 0.5) is 0 Å². The quantitative estimate of drug-likeness (QED) is 0.767. The molecule has 1 aromatic rings. The highest BCUT2D eigenvalue weighted by Crippen LogP contribution is 2.26. The van der Waals surface area contributed by atoms with Crippen LogP contribution in [0.15, 0.2) is 28.7 Å². The topological polar surface area (TPSA) is 52.7 Å². The molecule has 1 aliphatic carbocycles. The molecule has 1 aromatic carbocycles. The first-order chi connectivity index (χ1) is 12.6. The van der Waals surface area contributed by atoms with Crippen LogP contribution in [0.1, 0.15) is 31.2 Å². The van der Waals surface area contributed by atoms with Gasteiger partial charge in [-0.05, 0) is 30.5 Å². The SMILES string of the molecule is O=C(Cc1ccc(Br)cc1)NCCN1CCN(C(=O)C2CCCC2)CC1. The minimum atomic E-state index is 0.0577. The minimum absolute atomic E-state index is 0.0577. The molecule has 2 amide bonds. The monoisotopic (exact) mass is 421 g/mol. The summed E-state index contributed by atoms with van der Waals surface area (Å²) < 4.78 is 1.02. The molecule has 142 valence electrons. The molecule has 3 rings (SSSR count). The van der Waals surface area contributed by atoms with Crippen LogP contribution >= 0.6 is 15.9 Å². The van der Waals surface area contributed by atoms with Gasteiger partial charge in [0, 0.05) is 49.7 Å². The van der Waals surface area contributed by atoms with Crippen molar-refractivity contribution in [3.05, 3.63) is 34.3 Å². The average molecular weight is 422 g/mol. The predicted molar refractivity (Wildman–Crippen MR) is 106 cm³/mol. The molecule has 1 saturated carbocycles. The summed E-state index contributed by atoms with van der Waals surface area (Å²) in [5.74, 6) is 0.701. The summed E-state index contributed by atoms with van der Waals surface area (Å²) in [5, 5.41) is 3.00. The van der Waals surface area contributed by atoms with Crippen LogP contribution in [-0.4, -0.2) is 60.9 Å². The lowest BCUT2D eigenvalue weighted by atomic mass is 10.1. The summed E-state index contributed by atoms with van der Waals surface area (Å²) in [6.07, 6.45) is 4.97. The van der Waals surface area contributed by atoms with Gasteiger partial charge in [-0.2, -0.15) is 0 Å². The number of halogens is 1. The van der Waals surface area contributed by atoms with E-state index in [-0.39, 0.29) is 11.8 Å². The Morgan fingerprint density at radius 1 is 1.04 bits per heavy atom. The van der Waals surface area contributed by atoms with Gasteiger partial charge < -0.3 is 10.2 Å². The number of hydrogen-bond acceptors (Lipinski definition) is 3. The van der Waals surface area contributed by atoms with Crippen molar-refractivity contribution in [3.8, 4) is 0 Å². The molecule has 0 atom stereocenters. The molecule has 0 unspecified atom stereocenters. The van der Waals surface area contributed by atoms with Crippen molar-refractivity contribution in [3.63, 3.8) is 0 Å². The molecule has 0 aromatic heterocycles. The van der Waals surface area contributed by atoms with Gasteiger partial charge in [0.25, 0.3) is 0 Å². The number of rotatable bonds is 6. The molecule has 5 nitrogen and oxygen atoms in total. The van der Waals surface area contributed by atoms with Crippen molar-refractivity contribution < 1.29 is 9.59 Å². The smallest absolute Gasteiger partial charge is 0.225 e. The number of carbonyl (C=O) groups excluding carboxylic acids is 2. The Labute approximate surface area is 164 Å². The minimum Gasteiger partial charge on any atom is -0.355 e. The molecular weight excluding hydrogens is 394 g/mol. The van der Waals surface area contributed by atoms with Crippen molar-refractivity contribution in [2.45, 2.75) is 32.1 Å². The first-order valence-corrected chi connectivity index (χ1v) is 10.4. The second kappa shape index (κ2) is 9.51. The summed E-state index contributed by atoms with van der Waals surface area (Å²) in [6.45, 7) is 4.95. The van der Waals surface area contributed by atoms with Crippen molar-refractivity contribution in [2.75, 3.05) is 39.3 Å². The molecule has 0 spiro atoms. The third kappa shape index (κ3) is 5.55. The van der Waals surface area contributed by atoms with Gasteiger partial charge in [-0.1, -0.05) is 40.9 Å². The Morgan fingerprint density at radius 2 is 1.69 bits per heavy atom. The normalized spacial score (nSPS) is 18.9. The average Bonchev–Trinajstić information content (AvgIpc) is 3.18. The maximum Gasteiger partial charge on any atom is 0.225 e. The van der Waals surface area contributed by atoms with E-state index in [1.54, 1.807) is 0 Å². The molecule has 0 bridgehead atoms.